The van der Waals surface area contributed by atoms with Crippen LogP contribution in [0.3, 0.4) is 0 Å². The minimum atomic E-state index is -0.109. The van der Waals surface area contributed by atoms with Crippen molar-refractivity contribution in [2.24, 2.45) is 0 Å². The van der Waals surface area contributed by atoms with E-state index < -0.39 is 0 Å². The third-order valence-corrected chi connectivity index (χ3v) is 3.52. The predicted octanol–water partition coefficient (Wildman–Crippen LogP) is 4.44. The van der Waals surface area contributed by atoms with Gasteiger partial charge in [-0.2, -0.15) is 0 Å². The number of amides is 1. The molecule has 124 valence electrons. The van der Waals surface area contributed by atoms with Crippen molar-refractivity contribution in [1.29, 1.82) is 0 Å². The Morgan fingerprint density at radius 3 is 2.36 bits per heavy atom. The smallest absolute Gasteiger partial charge is 0.221 e. The lowest BCUT2D eigenvalue weighted by molar-refractivity contribution is -0.114. The summed E-state index contributed by atoms with van der Waals surface area (Å²) in [5.74, 6) is 0.911. The summed E-state index contributed by atoms with van der Waals surface area (Å²) in [6.07, 6.45) is 3.60. The van der Waals surface area contributed by atoms with Crippen molar-refractivity contribution < 1.29 is 9.21 Å². The van der Waals surface area contributed by atoms with Crippen LogP contribution in [-0.4, -0.2) is 5.91 Å². The molecule has 0 aliphatic rings. The number of carbonyl (C=O) groups is 1. The highest BCUT2D eigenvalue weighted by atomic mass is 16.3. The fourth-order valence-corrected chi connectivity index (χ4v) is 2.38. The van der Waals surface area contributed by atoms with Crippen LogP contribution < -0.4 is 10.7 Å². The second-order valence-corrected chi connectivity index (χ2v) is 5.56. The number of rotatable bonds is 4. The molecule has 0 bridgehead atoms. The van der Waals surface area contributed by atoms with Crippen LogP contribution in [0.4, 0.5) is 5.69 Å². The Bertz CT molecular complexity index is 954. The van der Waals surface area contributed by atoms with E-state index in [9.17, 15) is 9.59 Å². The zero-order chi connectivity index (χ0) is 17.6. The molecule has 0 fully saturated rings. The Hall–Kier alpha value is -3.40. The molecule has 1 N–H and O–H groups in total. The van der Waals surface area contributed by atoms with Crippen molar-refractivity contribution in [3.05, 3.63) is 88.3 Å². The third-order valence-electron chi connectivity index (χ3n) is 3.52. The highest BCUT2D eigenvalue weighted by molar-refractivity contribution is 5.88. The van der Waals surface area contributed by atoms with Crippen molar-refractivity contribution in [1.82, 2.24) is 0 Å². The van der Waals surface area contributed by atoms with Crippen LogP contribution in [0.1, 0.15) is 18.2 Å². The normalized spacial score (nSPS) is 10.8. The molecule has 0 aliphatic heterocycles. The van der Waals surface area contributed by atoms with E-state index in [1.807, 2.05) is 60.7 Å². The van der Waals surface area contributed by atoms with Gasteiger partial charge in [-0.25, -0.2) is 0 Å². The van der Waals surface area contributed by atoms with Gasteiger partial charge in [0, 0.05) is 30.3 Å². The SMILES string of the molecule is CC(=O)Nc1ccc(C=Cc2cc(=O)cc(-c3ccccc3)o2)cc1. The number of benzene rings is 2. The largest absolute Gasteiger partial charge is 0.456 e. The Kier molecular flexibility index (Phi) is 4.90. The first-order valence-electron chi connectivity index (χ1n) is 7.86. The van der Waals surface area contributed by atoms with Crippen LogP contribution in [0.15, 0.2) is 75.9 Å². The Balaban J connectivity index is 1.83. The minimum absolute atomic E-state index is 0.106. The molecule has 3 rings (SSSR count). The summed E-state index contributed by atoms with van der Waals surface area (Å²) in [7, 11) is 0. The molecule has 3 aromatic rings. The summed E-state index contributed by atoms with van der Waals surface area (Å²) in [5.41, 5.74) is 2.42. The molecule has 0 atom stereocenters. The van der Waals surface area contributed by atoms with Gasteiger partial charge in [-0.15, -0.1) is 0 Å². The fraction of sp³-hybridized carbons (Fsp3) is 0.0476. The van der Waals surface area contributed by atoms with Gasteiger partial charge in [0.1, 0.15) is 11.5 Å². The lowest BCUT2D eigenvalue weighted by atomic mass is 10.1. The van der Waals surface area contributed by atoms with Gasteiger partial charge in [0.05, 0.1) is 0 Å². The van der Waals surface area contributed by atoms with E-state index in [4.69, 9.17) is 4.42 Å². The van der Waals surface area contributed by atoms with Gasteiger partial charge in [0.2, 0.25) is 5.91 Å². The van der Waals surface area contributed by atoms with Crippen LogP contribution in [0.5, 0.6) is 0 Å². The van der Waals surface area contributed by atoms with Crippen LogP contribution in [0, 0.1) is 0 Å². The van der Waals surface area contributed by atoms with Gasteiger partial charge in [0.15, 0.2) is 5.43 Å². The molecular formula is C21H17NO3. The van der Waals surface area contributed by atoms with Crippen LogP contribution in [-0.2, 0) is 4.79 Å². The zero-order valence-corrected chi connectivity index (χ0v) is 13.7. The molecule has 0 aliphatic carbocycles. The van der Waals surface area contributed by atoms with E-state index in [-0.39, 0.29) is 11.3 Å². The monoisotopic (exact) mass is 331 g/mol. The first-order valence-corrected chi connectivity index (χ1v) is 7.86. The Morgan fingerprint density at radius 1 is 0.960 bits per heavy atom. The standard InChI is InChI=1S/C21H17NO3/c1-15(23)22-18-10-7-16(8-11-18)9-12-20-13-19(24)14-21(25-20)17-5-3-2-4-6-17/h2-14H,1H3,(H,22,23). The highest BCUT2D eigenvalue weighted by Gasteiger charge is 2.03. The Labute approximate surface area is 145 Å². The molecule has 0 saturated carbocycles. The molecule has 1 heterocycles. The number of hydrogen-bond acceptors (Lipinski definition) is 3. The van der Waals surface area contributed by atoms with Gasteiger partial charge in [0.25, 0.3) is 0 Å². The molecule has 0 saturated heterocycles. The maximum Gasteiger partial charge on any atom is 0.221 e. The summed E-state index contributed by atoms with van der Waals surface area (Å²) < 4.78 is 5.80. The topological polar surface area (TPSA) is 59.3 Å². The van der Waals surface area contributed by atoms with Crippen molar-refractivity contribution in [2.45, 2.75) is 6.92 Å². The van der Waals surface area contributed by atoms with Crippen molar-refractivity contribution in [3.8, 4) is 11.3 Å². The van der Waals surface area contributed by atoms with Gasteiger partial charge in [-0.1, -0.05) is 48.5 Å². The van der Waals surface area contributed by atoms with E-state index >= 15 is 0 Å². The van der Waals surface area contributed by atoms with E-state index in [0.717, 1.165) is 16.8 Å². The highest BCUT2D eigenvalue weighted by Crippen LogP contribution is 2.19. The number of hydrogen-bond donors (Lipinski definition) is 1. The first kappa shape index (κ1) is 16.5. The molecule has 1 amide bonds. The maximum absolute atomic E-state index is 11.9. The quantitative estimate of drug-likeness (QED) is 0.769. The molecule has 4 heteroatoms. The third kappa shape index (κ3) is 4.54. The molecule has 0 spiro atoms. The molecule has 1 aromatic heterocycles. The molecule has 4 nitrogen and oxygen atoms in total. The average molecular weight is 331 g/mol. The average Bonchev–Trinajstić information content (AvgIpc) is 2.61. The lowest BCUT2D eigenvalue weighted by Gasteiger charge is -2.03. The van der Waals surface area contributed by atoms with Crippen molar-refractivity contribution in [2.75, 3.05) is 5.32 Å². The van der Waals surface area contributed by atoms with E-state index in [0.29, 0.717) is 11.5 Å². The van der Waals surface area contributed by atoms with Crippen molar-refractivity contribution in [3.63, 3.8) is 0 Å². The van der Waals surface area contributed by atoms with Gasteiger partial charge >= 0.3 is 0 Å². The maximum atomic E-state index is 11.9. The number of carbonyl (C=O) groups excluding carboxylic acids is 1. The van der Waals surface area contributed by atoms with Crippen LogP contribution in [0.25, 0.3) is 23.5 Å². The predicted molar refractivity (Wildman–Crippen MR) is 100 cm³/mol. The summed E-state index contributed by atoms with van der Waals surface area (Å²) in [6.45, 7) is 1.47. The van der Waals surface area contributed by atoms with Crippen LogP contribution in [0.2, 0.25) is 0 Å². The number of nitrogens with one attached hydrogen (secondary N) is 1. The zero-order valence-electron chi connectivity index (χ0n) is 13.7. The molecular weight excluding hydrogens is 314 g/mol. The summed E-state index contributed by atoms with van der Waals surface area (Å²) in [4.78, 5) is 22.9. The molecule has 0 radical (unpaired) electrons. The van der Waals surface area contributed by atoms with E-state index in [1.165, 1.54) is 19.1 Å². The van der Waals surface area contributed by atoms with Gasteiger partial charge < -0.3 is 9.73 Å². The van der Waals surface area contributed by atoms with E-state index in [2.05, 4.69) is 5.32 Å². The first-order chi connectivity index (χ1) is 12.1. The minimum Gasteiger partial charge on any atom is -0.456 e. The summed E-state index contributed by atoms with van der Waals surface area (Å²) >= 11 is 0. The number of anilines is 1. The molecule has 25 heavy (non-hydrogen) atoms. The van der Waals surface area contributed by atoms with Gasteiger partial charge in [-0.05, 0) is 23.8 Å². The molecule has 2 aromatic carbocycles. The van der Waals surface area contributed by atoms with E-state index in [1.54, 1.807) is 6.08 Å². The van der Waals surface area contributed by atoms with Gasteiger partial charge in [-0.3, -0.25) is 9.59 Å². The van der Waals surface area contributed by atoms with Crippen molar-refractivity contribution >= 4 is 23.7 Å². The second kappa shape index (κ2) is 7.45. The second-order valence-electron chi connectivity index (χ2n) is 5.56. The molecule has 0 unspecified atom stereocenters. The summed E-state index contributed by atoms with van der Waals surface area (Å²) in [6, 6.07) is 19.8. The Morgan fingerprint density at radius 2 is 1.68 bits per heavy atom. The van der Waals surface area contributed by atoms with Crippen LogP contribution >= 0.6 is 0 Å². The summed E-state index contributed by atoms with van der Waals surface area (Å²) in [5, 5.41) is 2.72. The fourth-order valence-electron chi connectivity index (χ4n) is 2.38. The lowest BCUT2D eigenvalue weighted by Crippen LogP contribution is -2.05.